The minimum atomic E-state index is -3.36. The van der Waals surface area contributed by atoms with Gasteiger partial charge in [-0.1, -0.05) is 12.1 Å². The molecule has 0 saturated carbocycles. The fourth-order valence-electron chi connectivity index (χ4n) is 2.54. The summed E-state index contributed by atoms with van der Waals surface area (Å²) in [4.78, 5) is 0. The molecule has 2 N–H and O–H groups in total. The highest BCUT2D eigenvalue weighted by molar-refractivity contribution is 7.88. The number of rotatable bonds is 4. The number of hydrogen-bond donors (Lipinski definition) is 1. The molecule has 4 nitrogen and oxygen atoms in total. The van der Waals surface area contributed by atoms with Gasteiger partial charge in [-0.3, -0.25) is 0 Å². The number of hydrogen-bond acceptors (Lipinski definition) is 3. The van der Waals surface area contributed by atoms with Crippen LogP contribution in [0.5, 0.6) is 0 Å². The Balaban J connectivity index is 2.08. The Labute approximate surface area is 119 Å². The lowest BCUT2D eigenvalue weighted by Crippen LogP contribution is -2.45. The van der Waals surface area contributed by atoms with Crippen LogP contribution in [0.25, 0.3) is 0 Å². The number of nitrogens with zero attached hydrogens (tertiary/aromatic N) is 1. The molecule has 112 valence electrons. The molecule has 0 bridgehead atoms. The van der Waals surface area contributed by atoms with Crippen molar-refractivity contribution in [3.8, 4) is 0 Å². The lowest BCUT2D eigenvalue weighted by Gasteiger charge is -2.33. The number of piperidine rings is 1. The normalized spacial score (nSPS) is 22.6. The predicted octanol–water partition coefficient (Wildman–Crippen LogP) is 1.71. The zero-order valence-electron chi connectivity index (χ0n) is 11.6. The molecule has 1 saturated heterocycles. The highest BCUT2D eigenvalue weighted by Gasteiger charge is 2.30. The molecule has 2 atom stereocenters. The van der Waals surface area contributed by atoms with Crippen LogP contribution >= 0.6 is 0 Å². The van der Waals surface area contributed by atoms with Crippen molar-refractivity contribution in [3.63, 3.8) is 0 Å². The van der Waals surface area contributed by atoms with Gasteiger partial charge in [0, 0.05) is 19.1 Å². The zero-order valence-corrected chi connectivity index (χ0v) is 12.4. The summed E-state index contributed by atoms with van der Waals surface area (Å²) in [6.07, 6.45) is 1.81. The number of sulfonamides is 1. The van der Waals surface area contributed by atoms with Crippen molar-refractivity contribution in [2.24, 2.45) is 11.7 Å². The highest BCUT2D eigenvalue weighted by atomic mass is 32.2. The summed E-state index contributed by atoms with van der Waals surface area (Å²) in [6.45, 7) is 2.95. The summed E-state index contributed by atoms with van der Waals surface area (Å²) in [5.41, 5.74) is 6.48. The molecule has 1 aromatic carbocycles. The van der Waals surface area contributed by atoms with E-state index in [-0.39, 0.29) is 23.5 Å². The Morgan fingerprint density at radius 2 is 2.05 bits per heavy atom. The van der Waals surface area contributed by atoms with Crippen LogP contribution in [0.1, 0.15) is 25.3 Å². The Kier molecular flexibility index (Phi) is 4.78. The maximum absolute atomic E-state index is 12.8. The molecule has 0 aromatic heterocycles. The van der Waals surface area contributed by atoms with E-state index in [9.17, 15) is 12.8 Å². The number of nitrogens with two attached hydrogens (primary N) is 1. The summed E-state index contributed by atoms with van der Waals surface area (Å²) >= 11 is 0. The lowest BCUT2D eigenvalue weighted by atomic mass is 9.93. The Morgan fingerprint density at radius 1 is 1.40 bits per heavy atom. The first-order valence-corrected chi connectivity index (χ1v) is 8.47. The smallest absolute Gasteiger partial charge is 0.218 e. The first kappa shape index (κ1) is 15.4. The van der Waals surface area contributed by atoms with Crippen molar-refractivity contribution in [3.05, 3.63) is 35.6 Å². The topological polar surface area (TPSA) is 63.4 Å². The van der Waals surface area contributed by atoms with Crippen molar-refractivity contribution in [2.45, 2.75) is 31.6 Å². The Morgan fingerprint density at radius 3 is 2.65 bits per heavy atom. The van der Waals surface area contributed by atoms with Crippen molar-refractivity contribution in [1.29, 1.82) is 0 Å². The molecule has 1 aliphatic heterocycles. The Bertz CT molecular complexity index is 543. The minimum absolute atomic E-state index is 0.00109. The van der Waals surface area contributed by atoms with Gasteiger partial charge < -0.3 is 5.73 Å². The van der Waals surface area contributed by atoms with E-state index in [1.54, 1.807) is 0 Å². The molecule has 6 heteroatoms. The maximum Gasteiger partial charge on any atom is 0.218 e. The Hall–Kier alpha value is -0.980. The van der Waals surface area contributed by atoms with Crippen LogP contribution in [-0.4, -0.2) is 31.9 Å². The van der Waals surface area contributed by atoms with E-state index in [0.717, 1.165) is 12.8 Å². The molecule has 0 radical (unpaired) electrons. The second kappa shape index (κ2) is 6.20. The average Bonchev–Trinajstić information content (AvgIpc) is 2.41. The third-order valence-electron chi connectivity index (χ3n) is 3.82. The van der Waals surface area contributed by atoms with E-state index < -0.39 is 10.0 Å². The van der Waals surface area contributed by atoms with Crippen LogP contribution in [0.3, 0.4) is 0 Å². The van der Waals surface area contributed by atoms with Crippen molar-refractivity contribution in [1.82, 2.24) is 4.31 Å². The quantitative estimate of drug-likeness (QED) is 0.921. The van der Waals surface area contributed by atoms with Crippen molar-refractivity contribution in [2.75, 3.05) is 13.1 Å². The van der Waals surface area contributed by atoms with E-state index >= 15 is 0 Å². The fourth-order valence-corrected chi connectivity index (χ4v) is 4.16. The van der Waals surface area contributed by atoms with Crippen LogP contribution in [0, 0.1) is 11.7 Å². The predicted molar refractivity (Wildman–Crippen MR) is 77.0 cm³/mol. The third-order valence-corrected chi connectivity index (χ3v) is 5.64. The van der Waals surface area contributed by atoms with Gasteiger partial charge in [-0.2, -0.15) is 0 Å². The molecule has 0 amide bonds. The van der Waals surface area contributed by atoms with Crippen LogP contribution in [0.15, 0.2) is 24.3 Å². The largest absolute Gasteiger partial charge is 0.328 e. The van der Waals surface area contributed by atoms with Gasteiger partial charge in [0.05, 0.1) is 5.75 Å². The second-order valence-electron chi connectivity index (χ2n) is 5.50. The number of benzene rings is 1. The van der Waals surface area contributed by atoms with Gasteiger partial charge in [-0.25, -0.2) is 17.1 Å². The van der Waals surface area contributed by atoms with E-state index in [4.69, 9.17) is 5.73 Å². The van der Waals surface area contributed by atoms with Crippen LogP contribution in [0.4, 0.5) is 4.39 Å². The minimum Gasteiger partial charge on any atom is -0.328 e. The number of halogens is 1. The molecule has 1 aromatic rings. The van der Waals surface area contributed by atoms with Gasteiger partial charge >= 0.3 is 0 Å². The van der Waals surface area contributed by atoms with Crippen molar-refractivity contribution >= 4 is 10.0 Å². The monoisotopic (exact) mass is 300 g/mol. The van der Waals surface area contributed by atoms with Crippen molar-refractivity contribution < 1.29 is 12.8 Å². The third kappa shape index (κ3) is 3.77. The first-order valence-electron chi connectivity index (χ1n) is 6.86. The van der Waals surface area contributed by atoms with Gasteiger partial charge in [-0.15, -0.1) is 0 Å². The van der Waals surface area contributed by atoms with Gasteiger partial charge in [0.25, 0.3) is 0 Å². The first-order chi connectivity index (χ1) is 9.38. The van der Waals surface area contributed by atoms with Gasteiger partial charge in [0.15, 0.2) is 0 Å². The summed E-state index contributed by atoms with van der Waals surface area (Å²) < 4.78 is 39.2. The van der Waals surface area contributed by atoms with Gasteiger partial charge in [0.1, 0.15) is 5.82 Å². The summed E-state index contributed by atoms with van der Waals surface area (Å²) in [7, 11) is -3.36. The summed E-state index contributed by atoms with van der Waals surface area (Å²) in [5, 5.41) is 0. The SMILES string of the molecule is C[C@H](N)[C@H]1CCCN(S(=O)(=O)Cc2ccc(F)cc2)C1. The lowest BCUT2D eigenvalue weighted by molar-refractivity contribution is 0.243. The zero-order chi connectivity index (χ0) is 14.8. The molecule has 1 fully saturated rings. The molecule has 1 heterocycles. The molecular formula is C14H21FN2O2S. The summed E-state index contributed by atoms with van der Waals surface area (Å²) in [6, 6.07) is 5.59. The molecule has 0 unspecified atom stereocenters. The van der Waals surface area contributed by atoms with E-state index in [2.05, 4.69) is 0 Å². The molecular weight excluding hydrogens is 279 g/mol. The molecule has 1 aliphatic rings. The van der Waals surface area contributed by atoms with Gasteiger partial charge in [-0.05, 0) is 43.4 Å². The van der Waals surface area contributed by atoms with Crippen LogP contribution < -0.4 is 5.73 Å². The average molecular weight is 300 g/mol. The second-order valence-corrected chi connectivity index (χ2v) is 7.47. The van der Waals surface area contributed by atoms with E-state index in [0.29, 0.717) is 18.7 Å². The van der Waals surface area contributed by atoms with Gasteiger partial charge in [0.2, 0.25) is 10.0 Å². The molecule has 20 heavy (non-hydrogen) atoms. The van der Waals surface area contributed by atoms with E-state index in [1.807, 2.05) is 6.92 Å². The van der Waals surface area contributed by atoms with Crippen LogP contribution in [0.2, 0.25) is 0 Å². The molecule has 0 aliphatic carbocycles. The van der Waals surface area contributed by atoms with E-state index in [1.165, 1.54) is 28.6 Å². The van der Waals surface area contributed by atoms with Crippen LogP contribution in [-0.2, 0) is 15.8 Å². The molecule has 2 rings (SSSR count). The standard InChI is InChI=1S/C14H21FN2O2S/c1-11(16)13-3-2-8-17(9-13)20(18,19)10-12-4-6-14(15)7-5-12/h4-7,11,13H,2-3,8-10,16H2,1H3/t11-,13-/m0/s1. The highest BCUT2D eigenvalue weighted by Crippen LogP contribution is 2.23. The fraction of sp³-hybridized carbons (Fsp3) is 0.571. The maximum atomic E-state index is 12.8. The summed E-state index contributed by atoms with van der Waals surface area (Å²) in [5.74, 6) is -0.230. The molecule has 0 spiro atoms.